The van der Waals surface area contributed by atoms with Crippen LogP contribution >= 0.6 is 0 Å². The predicted molar refractivity (Wildman–Crippen MR) is 75.6 cm³/mol. The minimum atomic E-state index is -0.243. The van der Waals surface area contributed by atoms with Crippen LogP contribution in [0.4, 0.5) is 4.39 Å². The number of fused-ring (bicyclic) bond motifs is 1. The first-order valence-corrected chi connectivity index (χ1v) is 6.23. The molecule has 3 aromatic rings. The topological polar surface area (TPSA) is 41.6 Å². The number of aromatic nitrogens is 2. The fourth-order valence-electron chi connectivity index (χ4n) is 2.26. The maximum atomic E-state index is 13.7. The van der Waals surface area contributed by atoms with Crippen LogP contribution < -0.4 is 0 Å². The molecule has 98 valence electrons. The Morgan fingerprint density at radius 3 is 2.70 bits per heavy atom. The fourth-order valence-corrected chi connectivity index (χ4v) is 2.26. The summed E-state index contributed by atoms with van der Waals surface area (Å²) in [6.07, 6.45) is 0. The molecule has 0 saturated heterocycles. The molecule has 0 aliphatic carbocycles. The van der Waals surface area contributed by atoms with Crippen molar-refractivity contribution in [1.29, 1.82) is 5.26 Å². The van der Waals surface area contributed by atoms with E-state index < -0.39 is 0 Å². The Kier molecular flexibility index (Phi) is 2.76. The van der Waals surface area contributed by atoms with Gasteiger partial charge in [-0.25, -0.2) is 9.37 Å². The Labute approximate surface area is 115 Å². The number of hydrogen-bond donors (Lipinski definition) is 0. The highest BCUT2D eigenvalue weighted by Crippen LogP contribution is 2.25. The molecular formula is C16H12FN3. The van der Waals surface area contributed by atoms with Crippen molar-refractivity contribution >= 4 is 11.0 Å². The largest absolute Gasteiger partial charge is 0.327 e. The number of nitrogens with zero attached hydrogens (tertiary/aromatic N) is 3. The van der Waals surface area contributed by atoms with Gasteiger partial charge in [-0.05, 0) is 36.8 Å². The van der Waals surface area contributed by atoms with Crippen molar-refractivity contribution in [3.05, 3.63) is 53.3 Å². The lowest BCUT2D eigenvalue weighted by molar-refractivity contribution is 0.619. The normalized spacial score (nSPS) is 10.7. The van der Waals surface area contributed by atoms with E-state index in [0.717, 1.165) is 16.6 Å². The first-order chi connectivity index (χ1) is 9.60. The predicted octanol–water partition coefficient (Wildman–Crippen LogP) is 3.56. The molecular weight excluding hydrogens is 253 g/mol. The number of hydrogen-bond acceptors (Lipinski definition) is 2. The summed E-state index contributed by atoms with van der Waals surface area (Å²) < 4.78 is 15.6. The Hall–Kier alpha value is -2.67. The number of nitriles is 1. The van der Waals surface area contributed by atoms with E-state index in [-0.39, 0.29) is 5.82 Å². The van der Waals surface area contributed by atoms with E-state index in [4.69, 9.17) is 5.26 Å². The summed E-state index contributed by atoms with van der Waals surface area (Å²) in [5, 5.41) is 8.92. The third-order valence-corrected chi connectivity index (χ3v) is 3.44. The van der Waals surface area contributed by atoms with Crippen molar-refractivity contribution in [2.45, 2.75) is 6.92 Å². The van der Waals surface area contributed by atoms with E-state index >= 15 is 0 Å². The van der Waals surface area contributed by atoms with Crippen molar-refractivity contribution in [2.75, 3.05) is 0 Å². The lowest BCUT2D eigenvalue weighted by Crippen LogP contribution is -1.93. The SMILES string of the molecule is Cc1ccc(-c2nc3cc(C#N)ccc3n2C)cc1F. The zero-order valence-corrected chi connectivity index (χ0v) is 11.2. The molecule has 0 aliphatic rings. The zero-order chi connectivity index (χ0) is 14.3. The van der Waals surface area contributed by atoms with Crippen LogP contribution in [-0.4, -0.2) is 9.55 Å². The molecule has 20 heavy (non-hydrogen) atoms. The van der Waals surface area contributed by atoms with E-state index in [2.05, 4.69) is 11.1 Å². The molecule has 0 unspecified atom stereocenters. The Balaban J connectivity index is 2.23. The highest BCUT2D eigenvalue weighted by atomic mass is 19.1. The van der Waals surface area contributed by atoms with E-state index in [0.29, 0.717) is 17.0 Å². The number of rotatable bonds is 1. The van der Waals surface area contributed by atoms with E-state index in [1.165, 1.54) is 6.07 Å². The third kappa shape index (κ3) is 1.84. The highest BCUT2D eigenvalue weighted by molar-refractivity contribution is 5.81. The zero-order valence-electron chi connectivity index (χ0n) is 11.2. The quantitative estimate of drug-likeness (QED) is 0.675. The molecule has 0 spiro atoms. The average molecular weight is 265 g/mol. The summed E-state index contributed by atoms with van der Waals surface area (Å²) in [5.41, 5.74) is 3.56. The van der Waals surface area contributed by atoms with Crippen molar-refractivity contribution in [3.63, 3.8) is 0 Å². The van der Waals surface area contributed by atoms with Gasteiger partial charge in [0.2, 0.25) is 0 Å². The maximum Gasteiger partial charge on any atom is 0.140 e. The molecule has 0 bridgehead atoms. The van der Waals surface area contributed by atoms with Gasteiger partial charge in [0, 0.05) is 12.6 Å². The van der Waals surface area contributed by atoms with Crippen LogP contribution in [0.15, 0.2) is 36.4 Å². The van der Waals surface area contributed by atoms with E-state index in [9.17, 15) is 4.39 Å². The summed E-state index contributed by atoms with van der Waals surface area (Å²) in [6.45, 7) is 1.73. The van der Waals surface area contributed by atoms with E-state index in [1.54, 1.807) is 25.1 Å². The van der Waals surface area contributed by atoms with Crippen LogP contribution in [0.1, 0.15) is 11.1 Å². The van der Waals surface area contributed by atoms with Crippen molar-refractivity contribution in [2.24, 2.45) is 7.05 Å². The number of aryl methyl sites for hydroxylation is 2. The molecule has 0 aliphatic heterocycles. The van der Waals surface area contributed by atoms with E-state index in [1.807, 2.05) is 23.7 Å². The summed E-state index contributed by atoms with van der Waals surface area (Å²) in [7, 11) is 1.88. The molecule has 1 heterocycles. The number of benzene rings is 2. The van der Waals surface area contributed by atoms with Crippen LogP contribution in [0.3, 0.4) is 0 Å². The smallest absolute Gasteiger partial charge is 0.140 e. The molecule has 2 aromatic carbocycles. The van der Waals surface area contributed by atoms with Crippen molar-refractivity contribution < 1.29 is 4.39 Å². The van der Waals surface area contributed by atoms with Crippen molar-refractivity contribution in [3.8, 4) is 17.5 Å². The van der Waals surface area contributed by atoms with Gasteiger partial charge in [-0.3, -0.25) is 0 Å². The van der Waals surface area contributed by atoms with Crippen LogP contribution in [0.25, 0.3) is 22.4 Å². The molecule has 0 N–H and O–H groups in total. The Bertz CT molecular complexity index is 856. The molecule has 0 radical (unpaired) electrons. The van der Waals surface area contributed by atoms with Gasteiger partial charge in [0.15, 0.2) is 0 Å². The second-order valence-electron chi connectivity index (χ2n) is 4.77. The van der Waals surface area contributed by atoms with Gasteiger partial charge in [0.05, 0.1) is 22.7 Å². The van der Waals surface area contributed by atoms with Crippen LogP contribution in [0.2, 0.25) is 0 Å². The maximum absolute atomic E-state index is 13.7. The summed E-state index contributed by atoms with van der Waals surface area (Å²) in [4.78, 5) is 4.51. The first kappa shape index (κ1) is 12.4. The van der Waals surface area contributed by atoms with Crippen LogP contribution in [-0.2, 0) is 7.05 Å². The summed E-state index contributed by atoms with van der Waals surface area (Å²) >= 11 is 0. The second kappa shape index (κ2) is 4.46. The molecule has 3 nitrogen and oxygen atoms in total. The molecule has 0 amide bonds. The Morgan fingerprint density at radius 1 is 1.20 bits per heavy atom. The van der Waals surface area contributed by atoms with Gasteiger partial charge in [0.1, 0.15) is 11.6 Å². The molecule has 1 aromatic heterocycles. The highest BCUT2D eigenvalue weighted by Gasteiger charge is 2.11. The molecule has 3 rings (SSSR count). The molecule has 0 fully saturated rings. The number of halogens is 1. The minimum absolute atomic E-state index is 0.243. The lowest BCUT2D eigenvalue weighted by Gasteiger charge is -2.04. The number of imidazole rings is 1. The van der Waals surface area contributed by atoms with Gasteiger partial charge < -0.3 is 4.57 Å². The van der Waals surface area contributed by atoms with Gasteiger partial charge >= 0.3 is 0 Å². The summed E-state index contributed by atoms with van der Waals surface area (Å²) in [6, 6.07) is 12.5. The Morgan fingerprint density at radius 2 is 2.00 bits per heavy atom. The monoisotopic (exact) mass is 265 g/mol. The third-order valence-electron chi connectivity index (χ3n) is 3.44. The van der Waals surface area contributed by atoms with Gasteiger partial charge in [0.25, 0.3) is 0 Å². The van der Waals surface area contributed by atoms with Crippen LogP contribution in [0, 0.1) is 24.1 Å². The minimum Gasteiger partial charge on any atom is -0.327 e. The van der Waals surface area contributed by atoms with Crippen molar-refractivity contribution in [1.82, 2.24) is 9.55 Å². The summed E-state index contributed by atoms with van der Waals surface area (Å²) in [5.74, 6) is 0.446. The average Bonchev–Trinajstić information content (AvgIpc) is 2.78. The van der Waals surface area contributed by atoms with Gasteiger partial charge in [-0.1, -0.05) is 12.1 Å². The first-order valence-electron chi connectivity index (χ1n) is 6.23. The molecule has 0 saturated carbocycles. The van der Waals surface area contributed by atoms with Gasteiger partial charge in [-0.15, -0.1) is 0 Å². The lowest BCUT2D eigenvalue weighted by atomic mass is 10.1. The molecule has 0 atom stereocenters. The van der Waals surface area contributed by atoms with Gasteiger partial charge in [-0.2, -0.15) is 5.26 Å². The molecule has 4 heteroatoms. The second-order valence-corrected chi connectivity index (χ2v) is 4.77. The standard InChI is InChI=1S/C16H12FN3/c1-10-3-5-12(8-13(10)17)16-19-14-7-11(9-18)4-6-15(14)20(16)2/h3-8H,1-2H3. The van der Waals surface area contributed by atoms with Crippen LogP contribution in [0.5, 0.6) is 0 Å². The fraction of sp³-hybridized carbons (Fsp3) is 0.125.